The highest BCUT2D eigenvalue weighted by molar-refractivity contribution is 6.90. The van der Waals surface area contributed by atoms with Crippen molar-refractivity contribution >= 4 is 43.3 Å². The Bertz CT molecular complexity index is 289. The Kier molecular flexibility index (Phi) is 9.86. The summed E-state index contributed by atoms with van der Waals surface area (Å²) in [7, 11) is -7.22. The van der Waals surface area contributed by atoms with Crippen molar-refractivity contribution < 1.29 is 12.3 Å². The van der Waals surface area contributed by atoms with Crippen LogP contribution in [-0.2, 0) is 12.3 Å². The van der Waals surface area contributed by atoms with Crippen LogP contribution in [0.1, 0.15) is 20.8 Å². The average molecular weight is 397 g/mol. The molecule has 3 atom stereocenters. The summed E-state index contributed by atoms with van der Waals surface area (Å²) in [5.74, 6) is 0. The van der Waals surface area contributed by atoms with Gasteiger partial charge in [-0.25, -0.2) is 0 Å². The molecule has 0 N–H and O–H groups in total. The zero-order chi connectivity index (χ0) is 17.6. The Morgan fingerprint density at radius 2 is 1.18 bits per heavy atom. The summed E-state index contributed by atoms with van der Waals surface area (Å²) in [4.78, 5) is 0. The third kappa shape index (κ3) is 10.7. The van der Waals surface area contributed by atoms with Crippen LogP contribution in [0.15, 0.2) is 0 Å². The van der Waals surface area contributed by atoms with Crippen LogP contribution >= 0.6 is 0 Å². The van der Waals surface area contributed by atoms with Crippen molar-refractivity contribution in [1.82, 2.24) is 0 Å². The van der Waals surface area contributed by atoms with E-state index in [1.165, 1.54) is 17.8 Å². The van der Waals surface area contributed by atoms with Crippen molar-refractivity contribution in [3.63, 3.8) is 0 Å². The molecule has 0 radical (unpaired) electrons. The van der Waals surface area contributed by atoms with Gasteiger partial charge in [0.05, 0.1) is 0 Å². The standard InChI is InChI=1S/C14H40O3Si5/c1-11-18(15-20(4,5)6)14-22(10,13-3)17-19(12-2)16-21(7,8)9/h18-19H,11-14H2,1-10H3. The van der Waals surface area contributed by atoms with Crippen molar-refractivity contribution in [3.05, 3.63) is 0 Å². The molecule has 8 heteroatoms. The molecule has 0 spiro atoms. The van der Waals surface area contributed by atoms with Gasteiger partial charge >= 0.3 is 9.28 Å². The van der Waals surface area contributed by atoms with Crippen molar-refractivity contribution in [2.45, 2.75) is 90.4 Å². The molecule has 134 valence electrons. The summed E-state index contributed by atoms with van der Waals surface area (Å²) >= 11 is 0. The van der Waals surface area contributed by atoms with Crippen molar-refractivity contribution in [3.8, 4) is 0 Å². The summed E-state index contributed by atoms with van der Waals surface area (Å²) < 4.78 is 19.6. The van der Waals surface area contributed by atoms with E-state index in [9.17, 15) is 0 Å². The van der Waals surface area contributed by atoms with Crippen LogP contribution < -0.4 is 0 Å². The first-order chi connectivity index (χ1) is 9.84. The van der Waals surface area contributed by atoms with E-state index >= 15 is 0 Å². The lowest BCUT2D eigenvalue weighted by atomic mass is 11.0. The number of rotatable bonds is 11. The summed E-state index contributed by atoms with van der Waals surface area (Å²) in [6.07, 6.45) is 0. The van der Waals surface area contributed by atoms with E-state index < -0.39 is 43.3 Å². The van der Waals surface area contributed by atoms with Gasteiger partial charge in [0.15, 0.2) is 34.0 Å². The molecule has 3 unspecified atom stereocenters. The predicted molar refractivity (Wildman–Crippen MR) is 112 cm³/mol. The molecule has 0 bridgehead atoms. The lowest BCUT2D eigenvalue weighted by molar-refractivity contribution is 0.414. The molecule has 0 heterocycles. The smallest absolute Gasteiger partial charge is 0.300 e. The quantitative estimate of drug-likeness (QED) is 0.468. The third-order valence-electron chi connectivity index (χ3n) is 3.62. The molecule has 0 rings (SSSR count). The average Bonchev–Trinajstić information content (AvgIpc) is 2.33. The number of hydrogen-bond acceptors (Lipinski definition) is 3. The molecule has 0 aliphatic heterocycles. The highest BCUT2D eigenvalue weighted by atomic mass is 28.5. The van der Waals surface area contributed by atoms with Gasteiger partial charge < -0.3 is 12.3 Å². The second kappa shape index (κ2) is 9.45. The lowest BCUT2D eigenvalue weighted by Crippen LogP contribution is -2.49. The van der Waals surface area contributed by atoms with Gasteiger partial charge in [-0.15, -0.1) is 0 Å². The van der Waals surface area contributed by atoms with Gasteiger partial charge in [-0.3, -0.25) is 0 Å². The van der Waals surface area contributed by atoms with E-state index in [1.54, 1.807) is 0 Å². The van der Waals surface area contributed by atoms with Crippen LogP contribution in [-0.4, -0.2) is 43.3 Å². The van der Waals surface area contributed by atoms with Crippen LogP contribution in [0.2, 0.25) is 69.6 Å². The fourth-order valence-corrected chi connectivity index (χ4v) is 23.9. The minimum atomic E-state index is -1.67. The number of hydrogen-bond donors (Lipinski definition) is 0. The molecular weight excluding hydrogens is 357 g/mol. The van der Waals surface area contributed by atoms with E-state index in [-0.39, 0.29) is 0 Å². The maximum atomic E-state index is 6.72. The highest BCUT2D eigenvalue weighted by Gasteiger charge is 2.37. The van der Waals surface area contributed by atoms with Gasteiger partial charge in [-0.1, -0.05) is 20.8 Å². The van der Waals surface area contributed by atoms with E-state index in [2.05, 4.69) is 66.6 Å². The molecule has 0 saturated heterocycles. The molecule has 22 heavy (non-hydrogen) atoms. The molecule has 3 nitrogen and oxygen atoms in total. The Labute approximate surface area is 146 Å². The summed E-state index contributed by atoms with van der Waals surface area (Å²) in [5, 5.41) is 0. The van der Waals surface area contributed by atoms with E-state index in [4.69, 9.17) is 12.3 Å². The molecule has 0 aliphatic carbocycles. The van der Waals surface area contributed by atoms with Crippen LogP contribution in [0, 0.1) is 0 Å². The Morgan fingerprint density at radius 3 is 1.50 bits per heavy atom. The van der Waals surface area contributed by atoms with Gasteiger partial charge in [0, 0.05) is 0 Å². The fraction of sp³-hybridized carbons (Fsp3) is 1.00. The third-order valence-corrected chi connectivity index (χ3v) is 23.3. The Hall–Kier alpha value is 0.964. The first kappa shape index (κ1) is 23.0. The van der Waals surface area contributed by atoms with Crippen molar-refractivity contribution in [2.75, 3.05) is 0 Å². The molecule has 0 aromatic heterocycles. The first-order valence-corrected chi connectivity index (χ1v) is 22.4. The monoisotopic (exact) mass is 396 g/mol. The summed E-state index contributed by atoms with van der Waals surface area (Å²) in [6, 6.07) is 3.49. The SMILES string of the molecule is CC[SiH](C[Si](C)(CC)O[SiH](CC)O[Si](C)(C)C)O[Si](C)(C)C. The first-order valence-electron chi connectivity index (χ1n) is 8.87. The van der Waals surface area contributed by atoms with Crippen LogP contribution in [0.5, 0.6) is 0 Å². The maximum absolute atomic E-state index is 6.72. The minimum absolute atomic E-state index is 1.08. The zero-order valence-corrected chi connectivity index (χ0v) is 22.0. The molecule has 0 fully saturated rings. The fourth-order valence-electron chi connectivity index (χ4n) is 2.43. The van der Waals surface area contributed by atoms with E-state index in [0.717, 1.165) is 6.04 Å². The van der Waals surface area contributed by atoms with Gasteiger partial charge in [-0.05, 0) is 69.6 Å². The zero-order valence-electron chi connectivity index (χ0n) is 16.7. The summed E-state index contributed by atoms with van der Waals surface area (Å²) in [6.45, 7) is 23.0. The van der Waals surface area contributed by atoms with Crippen molar-refractivity contribution in [1.29, 1.82) is 0 Å². The molecule has 0 aliphatic rings. The van der Waals surface area contributed by atoms with Gasteiger partial charge in [0.2, 0.25) is 0 Å². The lowest BCUT2D eigenvalue weighted by Gasteiger charge is -2.36. The summed E-state index contributed by atoms with van der Waals surface area (Å²) in [5.41, 5.74) is 1.25. The van der Waals surface area contributed by atoms with Crippen molar-refractivity contribution in [2.24, 2.45) is 0 Å². The Balaban J connectivity index is 4.86. The van der Waals surface area contributed by atoms with E-state index in [1.807, 2.05) is 0 Å². The molecular formula is C14H40O3Si5. The van der Waals surface area contributed by atoms with Gasteiger partial charge in [0.1, 0.15) is 0 Å². The maximum Gasteiger partial charge on any atom is 0.300 e. The molecule has 0 saturated carbocycles. The highest BCUT2D eigenvalue weighted by Crippen LogP contribution is 2.25. The van der Waals surface area contributed by atoms with Crippen LogP contribution in [0.25, 0.3) is 0 Å². The molecule has 0 aromatic rings. The van der Waals surface area contributed by atoms with Crippen LogP contribution in [0.3, 0.4) is 0 Å². The second-order valence-corrected chi connectivity index (χ2v) is 28.7. The van der Waals surface area contributed by atoms with E-state index in [0.29, 0.717) is 0 Å². The molecule has 0 amide bonds. The Morgan fingerprint density at radius 1 is 0.682 bits per heavy atom. The van der Waals surface area contributed by atoms with Crippen LogP contribution in [0.4, 0.5) is 0 Å². The molecule has 0 aromatic carbocycles. The predicted octanol–water partition coefficient (Wildman–Crippen LogP) is 4.82. The second-order valence-electron chi connectivity index (χ2n) is 8.45. The topological polar surface area (TPSA) is 27.7 Å². The normalized spacial score (nSPS) is 18.8. The van der Waals surface area contributed by atoms with Gasteiger partial charge in [-0.2, -0.15) is 0 Å². The minimum Gasteiger partial charge on any atom is -0.458 e. The largest absolute Gasteiger partial charge is 0.458 e. The van der Waals surface area contributed by atoms with Gasteiger partial charge in [0.25, 0.3) is 0 Å².